The van der Waals surface area contributed by atoms with Crippen LogP contribution in [0.1, 0.15) is 98.3 Å². The molecule has 2 aliphatic rings. The predicted octanol–water partition coefficient (Wildman–Crippen LogP) is 15.0. The van der Waals surface area contributed by atoms with Gasteiger partial charge in [-0.15, -0.1) is 0 Å². The number of hydrogen-bond donors (Lipinski definition) is 1. The largest absolute Gasteiger partial charge is 0.481 e. The molecule has 0 amide bonds. The van der Waals surface area contributed by atoms with Crippen LogP contribution in [0.4, 0.5) is 52.7 Å². The van der Waals surface area contributed by atoms with E-state index in [1.165, 1.54) is 48.5 Å². The number of carbonyl (C=O) groups excluding carboxylic acids is 1. The zero-order chi connectivity index (χ0) is 52.7. The molecular weight excluding hydrogens is 999 g/mol. The molecule has 7 nitrogen and oxygen atoms in total. The number of pyridine rings is 1. The minimum atomic E-state index is -5.39. The summed E-state index contributed by atoms with van der Waals surface area (Å²) in [6.45, 7) is 0. The van der Waals surface area contributed by atoms with E-state index in [9.17, 15) is 67.4 Å². The van der Waals surface area contributed by atoms with E-state index >= 15 is 9.59 Å². The number of aromatic nitrogens is 1. The summed E-state index contributed by atoms with van der Waals surface area (Å²) in [6, 6.07) is 16.6. The summed E-state index contributed by atoms with van der Waals surface area (Å²) in [4.78, 5) is 55.5. The van der Waals surface area contributed by atoms with Crippen LogP contribution in [0.3, 0.4) is 0 Å². The molecule has 376 valence electrons. The Morgan fingerprint density at radius 3 is 1.54 bits per heavy atom. The van der Waals surface area contributed by atoms with Crippen LogP contribution in [-0.4, -0.2) is 21.9 Å². The van der Waals surface area contributed by atoms with Gasteiger partial charge in [0.15, 0.2) is 0 Å². The zero-order valence-electron chi connectivity index (χ0n) is 37.5. The van der Waals surface area contributed by atoms with Crippen LogP contribution in [0.2, 0.25) is 0 Å². The lowest BCUT2D eigenvalue weighted by atomic mass is 9.82. The van der Waals surface area contributed by atoms with Gasteiger partial charge in [-0.25, -0.2) is 4.57 Å². The summed E-state index contributed by atoms with van der Waals surface area (Å²) in [6.07, 6.45) is -17.7. The second kappa shape index (κ2) is 16.5. The van der Waals surface area contributed by atoms with Crippen molar-refractivity contribution in [3.8, 4) is 27.9 Å². The van der Waals surface area contributed by atoms with Gasteiger partial charge in [0.1, 0.15) is 23.4 Å². The van der Waals surface area contributed by atoms with Crippen molar-refractivity contribution in [3.05, 3.63) is 180 Å². The minimum absolute atomic E-state index is 0.00463. The molecule has 2 fully saturated rings. The van der Waals surface area contributed by atoms with Gasteiger partial charge >= 0.3 is 30.7 Å². The lowest BCUT2D eigenvalue weighted by molar-refractivity contribution is -0.144. The van der Waals surface area contributed by atoms with Crippen LogP contribution in [0, 0.1) is 0 Å². The Balaban J connectivity index is 1.23. The van der Waals surface area contributed by atoms with Gasteiger partial charge in [0.05, 0.1) is 27.9 Å². The van der Waals surface area contributed by atoms with Crippen LogP contribution in [0.25, 0.3) is 71.4 Å². The molecule has 2 aliphatic carbocycles. The third-order valence-electron chi connectivity index (χ3n) is 13.9. The number of carboxylic acid groups (broad SMARTS) is 1. The van der Waals surface area contributed by atoms with Crippen molar-refractivity contribution in [1.29, 1.82) is 0 Å². The maximum atomic E-state index is 15.1. The van der Waals surface area contributed by atoms with Gasteiger partial charge < -0.3 is 9.52 Å². The van der Waals surface area contributed by atoms with Crippen molar-refractivity contribution in [2.75, 3.05) is 0 Å². The molecule has 2 aromatic heterocycles. The average molecular weight is 1030 g/mol. The van der Waals surface area contributed by atoms with Gasteiger partial charge in [0.25, 0.3) is 11.1 Å². The molecule has 0 saturated heterocycles. The minimum Gasteiger partial charge on any atom is -0.481 e. The van der Waals surface area contributed by atoms with Gasteiger partial charge in [-0.2, -0.15) is 52.7 Å². The number of benzene rings is 7. The van der Waals surface area contributed by atoms with Gasteiger partial charge in [0.2, 0.25) is 0 Å². The Morgan fingerprint density at radius 1 is 0.568 bits per heavy atom. The van der Waals surface area contributed by atoms with E-state index in [4.69, 9.17) is 4.42 Å². The fraction of sp³-hybridized carbons (Fsp3) is 0.200. The molecule has 1 atom stereocenters. The molecule has 1 unspecified atom stereocenters. The monoisotopic (exact) mass is 1030 g/mol. The Morgan fingerprint density at radius 2 is 1.05 bits per heavy atom. The molecular formula is C55H31F12NO6. The number of carboxylic acids is 1. The maximum absolute atomic E-state index is 15.1. The molecule has 0 spiro atoms. The number of para-hydroxylation sites is 1. The Hall–Kier alpha value is -7.96. The summed E-state index contributed by atoms with van der Waals surface area (Å²) in [5.74, 6) is -2.56. The molecule has 2 heterocycles. The first kappa shape index (κ1) is 48.3. The molecule has 0 bridgehead atoms. The molecule has 19 heteroatoms. The second-order valence-electron chi connectivity index (χ2n) is 18.6. The number of nitrogens with zero attached hydrogens (tertiary/aromatic N) is 1. The third kappa shape index (κ3) is 8.03. The lowest BCUT2D eigenvalue weighted by Gasteiger charge is -2.22. The van der Waals surface area contributed by atoms with E-state index in [0.717, 1.165) is 55.2 Å². The smallest absolute Gasteiger partial charge is 0.416 e. The first-order valence-electron chi connectivity index (χ1n) is 22.7. The number of halogens is 12. The van der Waals surface area contributed by atoms with Crippen molar-refractivity contribution in [1.82, 2.24) is 4.57 Å². The lowest BCUT2D eigenvalue weighted by Crippen LogP contribution is -2.32. The van der Waals surface area contributed by atoms with Gasteiger partial charge in [0, 0.05) is 43.4 Å². The van der Waals surface area contributed by atoms with Gasteiger partial charge in [-0.3, -0.25) is 19.2 Å². The van der Waals surface area contributed by atoms with Gasteiger partial charge in [-0.1, -0.05) is 42.5 Å². The van der Waals surface area contributed by atoms with E-state index in [0.29, 0.717) is 40.0 Å². The van der Waals surface area contributed by atoms with Crippen LogP contribution in [0.5, 0.6) is 0 Å². The summed E-state index contributed by atoms with van der Waals surface area (Å²) in [7, 11) is 0. The van der Waals surface area contributed by atoms with Crippen molar-refractivity contribution in [2.24, 2.45) is 0 Å². The summed E-state index contributed by atoms with van der Waals surface area (Å²) in [5.41, 5.74) is -10.7. The molecule has 1 N–H and O–H groups in total. The van der Waals surface area contributed by atoms with Crippen LogP contribution >= 0.6 is 0 Å². The molecule has 74 heavy (non-hydrogen) atoms. The molecule has 0 aliphatic heterocycles. The fourth-order valence-corrected chi connectivity index (χ4v) is 10.4. The number of rotatable bonds is 9. The maximum Gasteiger partial charge on any atom is 0.416 e. The SMILES string of the molecule is O=Cc1ccc(C(C(=O)O)c2ccc(-n3c(=O)c4cc(-c5cc(C(F)(F)F)cc(C(F)(F)F)c5)c5oc6ccccc6c6c(-c7cc(C(F)(F)F)cc(C(F)(F)F)c7)cc(c3=O)c4c56)cc2)c(C2CC2)c1C1CC1. The molecule has 2 saturated carbocycles. The van der Waals surface area contributed by atoms with Crippen LogP contribution in [-0.2, 0) is 29.5 Å². The topological polar surface area (TPSA) is 107 Å². The van der Waals surface area contributed by atoms with Crippen LogP contribution < -0.4 is 11.1 Å². The highest BCUT2D eigenvalue weighted by Gasteiger charge is 2.41. The van der Waals surface area contributed by atoms with E-state index in [-0.39, 0.29) is 57.0 Å². The van der Waals surface area contributed by atoms with E-state index < -0.39 is 114 Å². The molecule has 11 rings (SSSR count). The van der Waals surface area contributed by atoms with Crippen molar-refractivity contribution < 1.29 is 71.8 Å². The van der Waals surface area contributed by atoms with Gasteiger partial charge in [-0.05, 0) is 143 Å². The predicted molar refractivity (Wildman–Crippen MR) is 248 cm³/mol. The fourth-order valence-electron chi connectivity index (χ4n) is 10.4. The number of carbonyl (C=O) groups is 2. The van der Waals surface area contributed by atoms with Crippen molar-refractivity contribution in [2.45, 2.75) is 68.1 Å². The van der Waals surface area contributed by atoms with E-state index in [1.807, 2.05) is 0 Å². The van der Waals surface area contributed by atoms with Crippen molar-refractivity contribution in [3.63, 3.8) is 0 Å². The highest BCUT2D eigenvalue weighted by Crippen LogP contribution is 2.54. The highest BCUT2D eigenvalue weighted by molar-refractivity contribution is 6.32. The Bertz CT molecular complexity index is 3870. The Kier molecular flexibility index (Phi) is 10.8. The number of aldehydes is 1. The molecule has 7 aromatic carbocycles. The molecule has 9 aromatic rings. The first-order chi connectivity index (χ1) is 34.8. The normalized spacial score (nSPS) is 15.2. The van der Waals surface area contributed by atoms with E-state index in [1.54, 1.807) is 12.1 Å². The summed E-state index contributed by atoms with van der Waals surface area (Å²) < 4.78 is 180. The quantitative estimate of drug-likeness (QED) is 0.0668. The first-order valence-corrected chi connectivity index (χ1v) is 22.7. The number of aliphatic carboxylic acids is 1. The standard InChI is InChI=1S/C55H31F12NO6/c56-52(57,58)30-15-28(16-31(19-30)53(59,60)61)37-21-39-46-40(22-38(48-47(46)45(37)35-3-1-2-4-41(35)74-48)29-17-32(54(62,63)64)20-33(18-29)55(65,66)67)50(71)68(49(39)70)34-12-9-26(10-13-34)44(51(72)73)36-14-11-27(23-69)42(24-5-6-24)43(36)25-7-8-25/h1-4,9-25,44H,5-8H2,(H,72,73). The zero-order valence-corrected chi connectivity index (χ0v) is 37.5. The van der Waals surface area contributed by atoms with E-state index in [2.05, 4.69) is 0 Å². The number of hydrogen-bond acceptors (Lipinski definition) is 5. The molecule has 0 radical (unpaired) electrons. The Labute approximate surface area is 407 Å². The summed E-state index contributed by atoms with van der Waals surface area (Å²) >= 11 is 0. The van der Waals surface area contributed by atoms with Crippen LogP contribution in [0.15, 0.2) is 123 Å². The highest BCUT2D eigenvalue weighted by atomic mass is 19.4. The second-order valence-corrected chi connectivity index (χ2v) is 18.6. The summed E-state index contributed by atoms with van der Waals surface area (Å²) in [5, 5.41) is 8.60. The number of fused-ring (bicyclic) bond motifs is 2. The van der Waals surface area contributed by atoms with Crippen molar-refractivity contribution >= 4 is 55.7 Å². The number of alkyl halides is 12. The average Bonchev–Trinajstić information content (AvgIpc) is 4.29. The third-order valence-corrected chi connectivity index (χ3v) is 13.9.